The minimum atomic E-state index is -0.892. The third kappa shape index (κ3) is 3.99. The molecule has 84 valence electrons. The van der Waals surface area contributed by atoms with Crippen LogP contribution in [0.25, 0.3) is 0 Å². The van der Waals surface area contributed by atoms with Gasteiger partial charge in [0, 0.05) is 12.0 Å². The third-order valence-corrected chi connectivity index (χ3v) is 2.83. The number of hydrogen-bond acceptors (Lipinski definition) is 4. The van der Waals surface area contributed by atoms with Crippen LogP contribution in [0.4, 0.5) is 0 Å². The lowest BCUT2D eigenvalue weighted by Gasteiger charge is -2.10. The Balaban J connectivity index is 2.40. The molecule has 0 aliphatic heterocycles. The summed E-state index contributed by atoms with van der Waals surface area (Å²) in [5.74, 6) is -0.892. The van der Waals surface area contributed by atoms with Crippen molar-refractivity contribution in [1.29, 1.82) is 0 Å². The molecule has 1 heterocycles. The molecule has 0 saturated carbocycles. The van der Waals surface area contributed by atoms with Crippen molar-refractivity contribution >= 4 is 17.3 Å². The van der Waals surface area contributed by atoms with E-state index in [9.17, 15) is 4.79 Å². The molecule has 0 amide bonds. The summed E-state index contributed by atoms with van der Waals surface area (Å²) in [4.78, 5) is 11.9. The molecule has 1 atom stereocenters. The summed E-state index contributed by atoms with van der Waals surface area (Å²) in [6.07, 6.45) is 0.0189. The topological polar surface area (TPSA) is 55.8 Å². The normalized spacial score (nSPS) is 12.7. The Morgan fingerprint density at radius 1 is 1.60 bits per heavy atom. The molecule has 0 aromatic carbocycles. The van der Waals surface area contributed by atoms with Crippen molar-refractivity contribution in [1.82, 2.24) is 0 Å². The van der Waals surface area contributed by atoms with Gasteiger partial charge in [-0.1, -0.05) is 0 Å². The number of hydrogen-bond donors (Lipinski definition) is 1. The fourth-order valence-corrected chi connectivity index (χ4v) is 1.85. The predicted molar refractivity (Wildman–Crippen MR) is 57.4 cm³/mol. The van der Waals surface area contributed by atoms with Crippen LogP contribution in [0.3, 0.4) is 0 Å². The van der Waals surface area contributed by atoms with Crippen LogP contribution < -0.4 is 0 Å². The van der Waals surface area contributed by atoms with Crippen molar-refractivity contribution in [2.24, 2.45) is 0 Å². The number of carboxylic acids is 1. The van der Waals surface area contributed by atoms with Crippen LogP contribution in [0.5, 0.6) is 0 Å². The summed E-state index contributed by atoms with van der Waals surface area (Å²) in [5.41, 5.74) is 0. The molecular formula is C10H14O4S. The Morgan fingerprint density at radius 2 is 2.33 bits per heavy atom. The van der Waals surface area contributed by atoms with E-state index in [1.165, 1.54) is 11.3 Å². The summed E-state index contributed by atoms with van der Waals surface area (Å²) >= 11 is 1.24. The SMILES string of the molecule is COCC(C)OCc1ccc(C(=O)O)s1. The highest BCUT2D eigenvalue weighted by Crippen LogP contribution is 2.17. The number of aromatic carboxylic acids is 1. The molecule has 0 fully saturated rings. The second-order valence-electron chi connectivity index (χ2n) is 3.15. The van der Waals surface area contributed by atoms with Gasteiger partial charge in [-0.05, 0) is 19.1 Å². The zero-order chi connectivity index (χ0) is 11.3. The first-order valence-corrected chi connectivity index (χ1v) is 5.37. The molecule has 1 unspecified atom stereocenters. The minimum absolute atomic E-state index is 0.0189. The lowest BCUT2D eigenvalue weighted by Crippen LogP contribution is -2.14. The van der Waals surface area contributed by atoms with Gasteiger partial charge in [0.25, 0.3) is 0 Å². The van der Waals surface area contributed by atoms with Crippen molar-refractivity contribution in [3.05, 3.63) is 21.9 Å². The summed E-state index contributed by atoms with van der Waals surface area (Å²) in [6, 6.07) is 3.36. The fourth-order valence-electron chi connectivity index (χ4n) is 1.08. The zero-order valence-corrected chi connectivity index (χ0v) is 9.54. The highest BCUT2D eigenvalue weighted by molar-refractivity contribution is 7.13. The van der Waals surface area contributed by atoms with Crippen LogP contribution in [0.15, 0.2) is 12.1 Å². The van der Waals surface area contributed by atoms with Gasteiger partial charge in [-0.3, -0.25) is 0 Å². The van der Waals surface area contributed by atoms with E-state index in [-0.39, 0.29) is 6.10 Å². The summed E-state index contributed by atoms with van der Waals surface area (Å²) < 4.78 is 10.4. The Kier molecular flexibility index (Phi) is 4.74. The van der Waals surface area contributed by atoms with Gasteiger partial charge in [-0.15, -0.1) is 11.3 Å². The van der Waals surface area contributed by atoms with Gasteiger partial charge in [-0.25, -0.2) is 4.79 Å². The average Bonchev–Trinajstić information content (AvgIpc) is 2.63. The van der Waals surface area contributed by atoms with Crippen molar-refractivity contribution in [2.75, 3.05) is 13.7 Å². The maximum Gasteiger partial charge on any atom is 0.345 e. The van der Waals surface area contributed by atoms with Gasteiger partial charge in [-0.2, -0.15) is 0 Å². The van der Waals surface area contributed by atoms with E-state index in [1.807, 2.05) is 6.92 Å². The third-order valence-electron chi connectivity index (χ3n) is 1.78. The van der Waals surface area contributed by atoms with Crippen molar-refractivity contribution < 1.29 is 19.4 Å². The number of carboxylic acid groups (broad SMARTS) is 1. The highest BCUT2D eigenvalue weighted by atomic mass is 32.1. The zero-order valence-electron chi connectivity index (χ0n) is 8.73. The van der Waals surface area contributed by atoms with E-state index >= 15 is 0 Å². The van der Waals surface area contributed by atoms with Gasteiger partial charge >= 0.3 is 5.97 Å². The molecule has 15 heavy (non-hydrogen) atoms. The van der Waals surface area contributed by atoms with Crippen LogP contribution >= 0.6 is 11.3 Å². The van der Waals surface area contributed by atoms with E-state index < -0.39 is 5.97 Å². The van der Waals surface area contributed by atoms with Gasteiger partial charge in [0.2, 0.25) is 0 Å². The Bertz CT molecular complexity index is 321. The van der Waals surface area contributed by atoms with E-state index in [0.717, 1.165) is 4.88 Å². The summed E-state index contributed by atoms with van der Waals surface area (Å²) in [7, 11) is 1.62. The summed E-state index contributed by atoms with van der Waals surface area (Å²) in [6.45, 7) is 2.88. The first-order chi connectivity index (χ1) is 7.13. The van der Waals surface area contributed by atoms with Crippen molar-refractivity contribution in [2.45, 2.75) is 19.6 Å². The Labute approximate surface area is 92.4 Å². The largest absolute Gasteiger partial charge is 0.477 e. The molecule has 1 rings (SSSR count). The van der Waals surface area contributed by atoms with Gasteiger partial charge < -0.3 is 14.6 Å². The van der Waals surface area contributed by atoms with Gasteiger partial charge in [0.1, 0.15) is 4.88 Å². The Hall–Kier alpha value is -0.910. The van der Waals surface area contributed by atoms with Gasteiger partial charge in [0.15, 0.2) is 0 Å². The molecule has 0 bridgehead atoms. The molecular weight excluding hydrogens is 216 g/mol. The smallest absolute Gasteiger partial charge is 0.345 e. The van der Waals surface area contributed by atoms with E-state index in [4.69, 9.17) is 14.6 Å². The maximum absolute atomic E-state index is 10.6. The second-order valence-corrected chi connectivity index (χ2v) is 4.32. The van der Waals surface area contributed by atoms with Crippen LogP contribution in [0.2, 0.25) is 0 Å². The first-order valence-electron chi connectivity index (χ1n) is 4.56. The number of thiophene rings is 1. The predicted octanol–water partition coefficient (Wildman–Crippen LogP) is 2.00. The molecule has 1 N–H and O–H groups in total. The quantitative estimate of drug-likeness (QED) is 0.812. The monoisotopic (exact) mass is 230 g/mol. The molecule has 5 heteroatoms. The van der Waals surface area contributed by atoms with E-state index in [1.54, 1.807) is 19.2 Å². The molecule has 0 radical (unpaired) electrons. The Morgan fingerprint density at radius 3 is 2.87 bits per heavy atom. The lowest BCUT2D eigenvalue weighted by atomic mass is 10.4. The second kappa shape index (κ2) is 5.85. The molecule has 0 saturated heterocycles. The minimum Gasteiger partial charge on any atom is -0.477 e. The molecule has 4 nitrogen and oxygen atoms in total. The molecule has 1 aromatic heterocycles. The molecule has 1 aromatic rings. The summed E-state index contributed by atoms with van der Waals surface area (Å²) in [5, 5.41) is 8.71. The maximum atomic E-state index is 10.6. The van der Waals surface area contributed by atoms with Crippen LogP contribution in [0.1, 0.15) is 21.5 Å². The number of methoxy groups -OCH3 is 1. The number of ether oxygens (including phenoxy) is 2. The first kappa shape index (κ1) is 12.2. The fraction of sp³-hybridized carbons (Fsp3) is 0.500. The molecule has 0 aliphatic carbocycles. The van der Waals surface area contributed by atoms with Crippen LogP contribution in [-0.2, 0) is 16.1 Å². The van der Waals surface area contributed by atoms with Gasteiger partial charge in [0.05, 0.1) is 19.3 Å². The van der Waals surface area contributed by atoms with E-state index in [2.05, 4.69) is 0 Å². The number of carbonyl (C=O) groups is 1. The standard InChI is InChI=1S/C10H14O4S/c1-7(5-13-2)14-6-8-3-4-9(15-8)10(11)12/h3-4,7H,5-6H2,1-2H3,(H,11,12). The average molecular weight is 230 g/mol. The van der Waals surface area contributed by atoms with Crippen molar-refractivity contribution in [3.8, 4) is 0 Å². The highest BCUT2D eigenvalue weighted by Gasteiger charge is 2.08. The molecule has 0 spiro atoms. The van der Waals surface area contributed by atoms with Crippen molar-refractivity contribution in [3.63, 3.8) is 0 Å². The number of rotatable bonds is 6. The lowest BCUT2D eigenvalue weighted by molar-refractivity contribution is 0.000928. The van der Waals surface area contributed by atoms with Crippen LogP contribution in [0, 0.1) is 0 Å². The van der Waals surface area contributed by atoms with E-state index in [0.29, 0.717) is 18.1 Å². The van der Waals surface area contributed by atoms with Crippen LogP contribution in [-0.4, -0.2) is 30.9 Å². The molecule has 0 aliphatic rings.